The van der Waals surface area contributed by atoms with Crippen LogP contribution in [0.2, 0.25) is 0 Å². The van der Waals surface area contributed by atoms with E-state index in [2.05, 4.69) is 39.4 Å². The van der Waals surface area contributed by atoms with Gasteiger partial charge >= 0.3 is 0 Å². The molecule has 0 unspecified atom stereocenters. The highest BCUT2D eigenvalue weighted by molar-refractivity contribution is 6.05. The Bertz CT molecular complexity index is 1010. The van der Waals surface area contributed by atoms with Crippen molar-refractivity contribution in [1.82, 2.24) is 30.2 Å². The molecule has 4 rings (SSSR count). The fourth-order valence-electron chi connectivity index (χ4n) is 3.99. The summed E-state index contributed by atoms with van der Waals surface area (Å²) < 4.78 is 16.4. The molecule has 2 atom stereocenters. The zero-order valence-electron chi connectivity index (χ0n) is 17.0. The summed E-state index contributed by atoms with van der Waals surface area (Å²) in [6, 6.07) is 5.28. The second-order valence-corrected chi connectivity index (χ2v) is 8.27. The van der Waals surface area contributed by atoms with Gasteiger partial charge in [-0.3, -0.25) is 14.6 Å². The Morgan fingerprint density at radius 2 is 2.21 bits per heavy atom. The Balaban J connectivity index is 1.50. The van der Waals surface area contributed by atoms with Gasteiger partial charge in [0.25, 0.3) is 5.91 Å². The molecule has 2 N–H and O–H groups in total. The number of piperidine rings is 1. The number of aromatic amines is 1. The number of alkyl halides is 1. The van der Waals surface area contributed by atoms with E-state index < -0.39 is 12.2 Å². The molecule has 0 radical (unpaired) electrons. The maximum atomic E-state index is 14.7. The summed E-state index contributed by atoms with van der Waals surface area (Å²) in [5.74, 6) is 0.155. The molecular formula is C21H27FN6O. The van der Waals surface area contributed by atoms with Gasteiger partial charge in [-0.25, -0.2) is 4.39 Å². The topological polar surface area (TPSA) is 78.8 Å². The summed E-state index contributed by atoms with van der Waals surface area (Å²) in [5, 5.41) is 14.9. The molecule has 0 aliphatic carbocycles. The lowest BCUT2D eigenvalue weighted by Crippen LogP contribution is -2.53. The van der Waals surface area contributed by atoms with Crippen LogP contribution >= 0.6 is 0 Å². The summed E-state index contributed by atoms with van der Waals surface area (Å²) in [4.78, 5) is 15.0. The highest BCUT2D eigenvalue weighted by Crippen LogP contribution is 2.25. The van der Waals surface area contributed by atoms with E-state index in [4.69, 9.17) is 0 Å². The number of nitrogens with zero attached hydrogens (tertiary/aromatic N) is 4. The molecule has 1 amide bonds. The zero-order chi connectivity index (χ0) is 20.5. The monoisotopic (exact) mass is 398 g/mol. The molecule has 7 nitrogen and oxygen atoms in total. The van der Waals surface area contributed by atoms with Gasteiger partial charge in [-0.2, -0.15) is 10.2 Å². The first-order valence-electron chi connectivity index (χ1n) is 10.0. The number of halogens is 1. The van der Waals surface area contributed by atoms with Crippen LogP contribution in [-0.2, 0) is 7.05 Å². The van der Waals surface area contributed by atoms with Gasteiger partial charge < -0.3 is 10.2 Å². The van der Waals surface area contributed by atoms with Crippen LogP contribution in [0, 0.1) is 5.92 Å². The minimum Gasteiger partial charge on any atom is -0.345 e. The number of carbonyl (C=O) groups excluding carboxylic acids is 1. The molecule has 0 spiro atoms. The minimum absolute atomic E-state index is 0.294. The van der Waals surface area contributed by atoms with E-state index in [1.54, 1.807) is 10.9 Å². The van der Waals surface area contributed by atoms with Crippen LogP contribution in [0.5, 0.6) is 0 Å². The summed E-state index contributed by atoms with van der Waals surface area (Å²) in [7, 11) is 1.86. The number of carbonyl (C=O) groups is 1. The van der Waals surface area contributed by atoms with E-state index in [1.807, 2.05) is 31.4 Å². The van der Waals surface area contributed by atoms with Crippen LogP contribution < -0.4 is 5.32 Å². The summed E-state index contributed by atoms with van der Waals surface area (Å²) in [6.45, 7) is 6.28. The van der Waals surface area contributed by atoms with Gasteiger partial charge in [0, 0.05) is 43.8 Å². The molecule has 0 bridgehead atoms. The molecule has 29 heavy (non-hydrogen) atoms. The Morgan fingerprint density at radius 3 is 2.90 bits per heavy atom. The van der Waals surface area contributed by atoms with E-state index >= 15 is 0 Å². The number of aromatic nitrogens is 4. The average Bonchev–Trinajstić information content (AvgIpc) is 3.29. The Kier molecular flexibility index (Phi) is 5.36. The number of likely N-dealkylation sites (tertiary alicyclic amines) is 1. The fourth-order valence-corrected chi connectivity index (χ4v) is 3.99. The van der Waals surface area contributed by atoms with Crippen molar-refractivity contribution in [2.75, 3.05) is 19.6 Å². The van der Waals surface area contributed by atoms with E-state index in [9.17, 15) is 9.18 Å². The molecule has 3 heterocycles. The number of H-pyrrole nitrogens is 1. The Labute approximate surface area is 169 Å². The van der Waals surface area contributed by atoms with Crippen molar-refractivity contribution in [2.24, 2.45) is 13.0 Å². The smallest absolute Gasteiger partial charge is 0.272 e. The molecule has 154 valence electrons. The number of amides is 1. The van der Waals surface area contributed by atoms with Gasteiger partial charge in [0.05, 0.1) is 17.8 Å². The first kappa shape index (κ1) is 19.6. The molecule has 1 saturated heterocycles. The SMILES string of the molecule is CC(C)CN1CC[C@H](NC(=O)c2n[nH]c3ccc(-c4cnn(C)c4)cc23)[C@@H](F)C1. The van der Waals surface area contributed by atoms with Crippen LogP contribution in [-0.4, -0.2) is 62.6 Å². The van der Waals surface area contributed by atoms with Gasteiger partial charge in [-0.15, -0.1) is 0 Å². The average molecular weight is 398 g/mol. The number of aryl methyl sites for hydroxylation is 1. The number of hydrogen-bond acceptors (Lipinski definition) is 4. The predicted molar refractivity (Wildman–Crippen MR) is 110 cm³/mol. The highest BCUT2D eigenvalue weighted by atomic mass is 19.1. The molecule has 1 aromatic carbocycles. The summed E-state index contributed by atoms with van der Waals surface area (Å²) >= 11 is 0. The Hall–Kier alpha value is -2.74. The minimum atomic E-state index is -1.08. The van der Waals surface area contributed by atoms with Gasteiger partial charge in [0.15, 0.2) is 5.69 Å². The molecule has 3 aromatic rings. The Morgan fingerprint density at radius 1 is 1.38 bits per heavy atom. The third kappa shape index (κ3) is 4.17. The summed E-state index contributed by atoms with van der Waals surface area (Å²) in [6.07, 6.45) is 3.21. The first-order valence-corrected chi connectivity index (χ1v) is 10.0. The van der Waals surface area contributed by atoms with E-state index in [0.717, 1.165) is 35.1 Å². The lowest BCUT2D eigenvalue weighted by Gasteiger charge is -2.35. The maximum Gasteiger partial charge on any atom is 0.272 e. The van der Waals surface area contributed by atoms with Gasteiger partial charge in [0.2, 0.25) is 0 Å². The largest absolute Gasteiger partial charge is 0.345 e. The van der Waals surface area contributed by atoms with Crippen molar-refractivity contribution in [1.29, 1.82) is 0 Å². The molecule has 8 heteroatoms. The third-order valence-corrected chi connectivity index (χ3v) is 5.38. The van der Waals surface area contributed by atoms with Crippen LogP contribution in [0.1, 0.15) is 30.8 Å². The zero-order valence-corrected chi connectivity index (χ0v) is 17.0. The second kappa shape index (κ2) is 7.94. The molecular weight excluding hydrogens is 371 g/mol. The third-order valence-electron chi connectivity index (χ3n) is 5.38. The van der Waals surface area contributed by atoms with Crippen molar-refractivity contribution in [2.45, 2.75) is 32.5 Å². The molecule has 1 fully saturated rings. The highest BCUT2D eigenvalue weighted by Gasteiger charge is 2.31. The maximum absolute atomic E-state index is 14.7. The standard InChI is InChI=1S/C21H27FN6O/c1-13(2)10-28-7-6-19(17(22)12-28)24-21(29)20-16-8-14(4-5-18(16)25-26-20)15-9-23-27(3)11-15/h4-5,8-9,11,13,17,19H,6-7,10,12H2,1-3H3,(H,24,29)(H,25,26)/t17-,19-/m0/s1. The van der Waals surface area contributed by atoms with Crippen molar-refractivity contribution in [3.8, 4) is 11.1 Å². The number of nitrogens with one attached hydrogen (secondary N) is 2. The van der Waals surface area contributed by atoms with Gasteiger partial charge in [-0.1, -0.05) is 19.9 Å². The molecule has 0 saturated carbocycles. The predicted octanol–water partition coefficient (Wildman–Crippen LogP) is 2.76. The number of fused-ring (bicyclic) bond motifs is 1. The van der Waals surface area contributed by atoms with Gasteiger partial charge in [-0.05, 0) is 30.0 Å². The molecule has 2 aromatic heterocycles. The first-order chi connectivity index (χ1) is 13.9. The van der Waals surface area contributed by atoms with Crippen molar-refractivity contribution in [3.63, 3.8) is 0 Å². The molecule has 1 aliphatic rings. The number of rotatable bonds is 5. The van der Waals surface area contributed by atoms with Crippen molar-refractivity contribution < 1.29 is 9.18 Å². The molecule has 1 aliphatic heterocycles. The van der Waals surface area contributed by atoms with Crippen molar-refractivity contribution in [3.05, 3.63) is 36.3 Å². The number of benzene rings is 1. The van der Waals surface area contributed by atoms with Crippen molar-refractivity contribution >= 4 is 16.8 Å². The second-order valence-electron chi connectivity index (χ2n) is 8.27. The van der Waals surface area contributed by atoms with Crippen LogP contribution in [0.4, 0.5) is 4.39 Å². The normalized spacial score (nSPS) is 20.4. The lowest BCUT2D eigenvalue weighted by molar-refractivity contribution is 0.0748. The van der Waals surface area contributed by atoms with E-state index in [-0.39, 0.29) is 5.91 Å². The quantitative estimate of drug-likeness (QED) is 0.693. The fraction of sp³-hybridized carbons (Fsp3) is 0.476. The van der Waals surface area contributed by atoms with Crippen LogP contribution in [0.25, 0.3) is 22.0 Å². The van der Waals surface area contributed by atoms with E-state index in [1.165, 1.54) is 0 Å². The van der Waals surface area contributed by atoms with Gasteiger partial charge in [0.1, 0.15) is 6.17 Å². The summed E-state index contributed by atoms with van der Waals surface area (Å²) in [5.41, 5.74) is 2.98. The van der Waals surface area contributed by atoms with E-state index in [0.29, 0.717) is 24.6 Å². The van der Waals surface area contributed by atoms with Crippen LogP contribution in [0.3, 0.4) is 0 Å². The lowest BCUT2D eigenvalue weighted by atomic mass is 10.0. The number of hydrogen-bond donors (Lipinski definition) is 2. The van der Waals surface area contributed by atoms with Crippen LogP contribution in [0.15, 0.2) is 30.6 Å².